The molecule has 0 N–H and O–H groups in total. The maximum Gasteiger partial charge on any atom is 0.164 e. The third-order valence-electron chi connectivity index (χ3n) is 10.5. The van der Waals surface area contributed by atoms with E-state index < -0.39 is 0 Å². The summed E-state index contributed by atoms with van der Waals surface area (Å²) in [7, 11) is 0. The van der Waals surface area contributed by atoms with Crippen molar-refractivity contribution < 1.29 is 4.42 Å². The largest absolute Gasteiger partial charge is 0.456 e. The fraction of sp³-hybridized carbons (Fsp3) is 0. The van der Waals surface area contributed by atoms with E-state index in [1.807, 2.05) is 36.4 Å². The van der Waals surface area contributed by atoms with Gasteiger partial charge in [0.05, 0.1) is 11.0 Å². The molecule has 5 heterocycles. The van der Waals surface area contributed by atoms with Crippen molar-refractivity contribution >= 4 is 43.7 Å². The predicted octanol–water partition coefficient (Wildman–Crippen LogP) is 12.0. The molecule has 0 saturated carbocycles. The van der Waals surface area contributed by atoms with Gasteiger partial charge in [0.25, 0.3) is 0 Å². The Balaban J connectivity index is 1.00. The van der Waals surface area contributed by atoms with Crippen molar-refractivity contribution in [3.63, 3.8) is 0 Å². The van der Waals surface area contributed by atoms with Gasteiger partial charge in [0.1, 0.15) is 11.2 Å². The first-order chi connectivity index (χ1) is 27.7. The molecule has 0 bridgehead atoms. The molecule has 0 aliphatic carbocycles. The summed E-state index contributed by atoms with van der Waals surface area (Å²) < 4.78 is 8.60. The zero-order valence-electron chi connectivity index (χ0n) is 29.9. The second-order valence-electron chi connectivity index (χ2n) is 13.8. The number of fused-ring (bicyclic) bond motifs is 6. The molecule has 7 nitrogen and oxygen atoms in total. The third kappa shape index (κ3) is 5.41. The molecule has 262 valence electrons. The van der Waals surface area contributed by atoms with Crippen molar-refractivity contribution in [1.82, 2.24) is 29.5 Å². The molecule has 0 aliphatic heterocycles. The molecule has 11 aromatic rings. The van der Waals surface area contributed by atoms with E-state index >= 15 is 0 Å². The second-order valence-corrected chi connectivity index (χ2v) is 13.8. The van der Waals surface area contributed by atoms with E-state index in [4.69, 9.17) is 19.4 Å². The molecule has 0 aliphatic rings. The first-order valence-electron chi connectivity index (χ1n) is 18.5. The summed E-state index contributed by atoms with van der Waals surface area (Å²) in [5, 5.41) is 4.63. The van der Waals surface area contributed by atoms with E-state index in [1.165, 1.54) is 10.8 Å². The Morgan fingerprint density at radius 1 is 0.339 bits per heavy atom. The summed E-state index contributed by atoms with van der Waals surface area (Å²) in [5.41, 5.74) is 12.2. The predicted molar refractivity (Wildman–Crippen MR) is 224 cm³/mol. The maximum absolute atomic E-state index is 6.24. The number of hydrogen-bond acceptors (Lipinski definition) is 6. The Kier molecular flexibility index (Phi) is 7.35. The molecule has 0 unspecified atom stereocenters. The standard InChI is InChI=1S/C49H30N6O/c1-3-13-43-39(11-1)42-29-35(33-7-5-9-37(27-33)49-53-47(31-19-23-50-24-20-31)52-48(54-49)32-21-25-51-26-22-32)16-18-44(42)55(43)38-10-6-8-34(28-38)36-15-17-41-40-12-2-4-14-45(40)56-46(41)30-36/h1-30H. The fourth-order valence-electron chi connectivity index (χ4n) is 7.76. The van der Waals surface area contributed by atoms with Crippen molar-refractivity contribution in [1.29, 1.82) is 0 Å². The minimum absolute atomic E-state index is 0.586. The smallest absolute Gasteiger partial charge is 0.164 e. The number of hydrogen-bond donors (Lipinski definition) is 0. The third-order valence-corrected chi connectivity index (χ3v) is 10.5. The monoisotopic (exact) mass is 718 g/mol. The van der Waals surface area contributed by atoms with Gasteiger partial charge < -0.3 is 8.98 Å². The number of pyridine rings is 2. The Bertz CT molecular complexity index is 3200. The molecule has 6 aromatic carbocycles. The van der Waals surface area contributed by atoms with Gasteiger partial charge in [-0.2, -0.15) is 0 Å². The van der Waals surface area contributed by atoms with Crippen LogP contribution in [0.1, 0.15) is 0 Å². The van der Waals surface area contributed by atoms with Crippen LogP contribution in [0.25, 0.3) is 106 Å². The molecule has 0 radical (unpaired) electrons. The Morgan fingerprint density at radius 2 is 0.893 bits per heavy atom. The van der Waals surface area contributed by atoms with E-state index in [9.17, 15) is 0 Å². The molecule has 0 spiro atoms. The van der Waals surface area contributed by atoms with Crippen LogP contribution >= 0.6 is 0 Å². The van der Waals surface area contributed by atoms with Gasteiger partial charge in [0.15, 0.2) is 17.5 Å². The minimum Gasteiger partial charge on any atom is -0.456 e. The van der Waals surface area contributed by atoms with Crippen LogP contribution in [0.5, 0.6) is 0 Å². The highest BCUT2D eigenvalue weighted by molar-refractivity contribution is 6.11. The molecule has 56 heavy (non-hydrogen) atoms. The van der Waals surface area contributed by atoms with Crippen LogP contribution in [0.15, 0.2) is 187 Å². The van der Waals surface area contributed by atoms with E-state index in [-0.39, 0.29) is 0 Å². The highest BCUT2D eigenvalue weighted by Crippen LogP contribution is 2.38. The van der Waals surface area contributed by atoms with E-state index in [0.717, 1.165) is 77.6 Å². The Morgan fingerprint density at radius 3 is 1.66 bits per heavy atom. The summed E-state index contributed by atoms with van der Waals surface area (Å²) in [5.74, 6) is 1.77. The lowest BCUT2D eigenvalue weighted by Crippen LogP contribution is -2.00. The van der Waals surface area contributed by atoms with Gasteiger partial charge in [0.2, 0.25) is 0 Å². The van der Waals surface area contributed by atoms with Crippen molar-refractivity contribution in [2.24, 2.45) is 0 Å². The number of nitrogens with zero attached hydrogens (tertiary/aromatic N) is 6. The van der Waals surface area contributed by atoms with Crippen LogP contribution in [-0.2, 0) is 0 Å². The first-order valence-corrected chi connectivity index (χ1v) is 18.5. The zero-order valence-corrected chi connectivity index (χ0v) is 29.9. The number of para-hydroxylation sites is 2. The van der Waals surface area contributed by atoms with Crippen LogP contribution < -0.4 is 0 Å². The summed E-state index contributed by atoms with van der Waals surface area (Å²) in [6.45, 7) is 0. The van der Waals surface area contributed by atoms with Crippen molar-refractivity contribution in [3.05, 3.63) is 183 Å². The van der Waals surface area contributed by atoms with Gasteiger partial charge in [-0.3, -0.25) is 9.97 Å². The summed E-state index contributed by atoms with van der Waals surface area (Å²) in [4.78, 5) is 23.1. The maximum atomic E-state index is 6.24. The van der Waals surface area contributed by atoms with Gasteiger partial charge in [-0.15, -0.1) is 0 Å². The molecule has 11 rings (SSSR count). The lowest BCUT2D eigenvalue weighted by atomic mass is 10.0. The first kappa shape index (κ1) is 31.7. The van der Waals surface area contributed by atoms with Gasteiger partial charge in [-0.25, -0.2) is 15.0 Å². The minimum atomic E-state index is 0.586. The van der Waals surface area contributed by atoms with Crippen molar-refractivity contribution in [2.45, 2.75) is 0 Å². The number of rotatable bonds is 6. The van der Waals surface area contributed by atoms with Gasteiger partial charge in [0, 0.05) is 68.7 Å². The molecule has 7 heteroatoms. The zero-order chi connectivity index (χ0) is 37.0. The molecular weight excluding hydrogens is 689 g/mol. The summed E-state index contributed by atoms with van der Waals surface area (Å²) >= 11 is 0. The van der Waals surface area contributed by atoms with Crippen LogP contribution in [0.3, 0.4) is 0 Å². The molecule has 0 saturated heterocycles. The highest BCUT2D eigenvalue weighted by Gasteiger charge is 2.17. The second kappa shape index (κ2) is 13.0. The lowest BCUT2D eigenvalue weighted by molar-refractivity contribution is 0.669. The van der Waals surface area contributed by atoms with Gasteiger partial charge in [-0.1, -0.05) is 78.9 Å². The van der Waals surface area contributed by atoms with E-state index in [2.05, 4.69) is 136 Å². The van der Waals surface area contributed by atoms with E-state index in [0.29, 0.717) is 17.5 Å². The fourth-order valence-corrected chi connectivity index (χ4v) is 7.76. The molecule has 0 amide bonds. The van der Waals surface area contributed by atoms with Gasteiger partial charge >= 0.3 is 0 Å². The van der Waals surface area contributed by atoms with Crippen molar-refractivity contribution in [3.8, 4) is 62.1 Å². The van der Waals surface area contributed by atoms with Crippen LogP contribution in [0, 0.1) is 0 Å². The quantitative estimate of drug-likeness (QED) is 0.170. The Hall–Kier alpha value is -7.77. The van der Waals surface area contributed by atoms with Crippen LogP contribution in [0.2, 0.25) is 0 Å². The highest BCUT2D eigenvalue weighted by atomic mass is 16.3. The van der Waals surface area contributed by atoms with Crippen LogP contribution in [0.4, 0.5) is 0 Å². The number of furan rings is 1. The van der Waals surface area contributed by atoms with E-state index in [1.54, 1.807) is 24.8 Å². The topological polar surface area (TPSA) is 82.5 Å². The average Bonchev–Trinajstić information content (AvgIpc) is 3.82. The summed E-state index contributed by atoms with van der Waals surface area (Å²) in [6, 6.07) is 54.9. The van der Waals surface area contributed by atoms with Crippen molar-refractivity contribution in [2.75, 3.05) is 0 Å². The SMILES string of the molecule is c1cc(-c2ccc3c(c2)c2ccccc2n3-c2cccc(-c3ccc4c(c3)oc3ccccc34)c2)cc(-c2nc(-c3ccncc3)nc(-c3ccncc3)n2)c1. The van der Waals surface area contributed by atoms with Gasteiger partial charge in [-0.05, 0) is 101 Å². The molecule has 0 fully saturated rings. The average molecular weight is 719 g/mol. The number of aromatic nitrogens is 6. The van der Waals surface area contributed by atoms with Crippen LogP contribution in [-0.4, -0.2) is 29.5 Å². The molecular formula is C49H30N6O. The number of benzene rings is 6. The Labute approximate surface area is 321 Å². The summed E-state index contributed by atoms with van der Waals surface area (Å²) in [6.07, 6.45) is 6.99. The lowest BCUT2D eigenvalue weighted by Gasteiger charge is -2.11. The normalized spacial score (nSPS) is 11.6. The molecule has 0 atom stereocenters. The molecule has 5 aromatic heterocycles.